The highest BCUT2D eigenvalue weighted by Gasteiger charge is 2.15. The summed E-state index contributed by atoms with van der Waals surface area (Å²) in [4.78, 5) is 25.2. The van der Waals surface area contributed by atoms with Gasteiger partial charge in [-0.05, 0) is 48.7 Å². The Hall–Kier alpha value is -3.08. The summed E-state index contributed by atoms with van der Waals surface area (Å²) in [6.07, 6.45) is 3.53. The minimum absolute atomic E-state index is 0.213. The van der Waals surface area contributed by atoms with Crippen LogP contribution in [0.5, 0.6) is 5.75 Å². The third-order valence-electron chi connectivity index (χ3n) is 4.13. The fourth-order valence-electron chi connectivity index (χ4n) is 2.52. The Morgan fingerprint density at radius 2 is 1.78 bits per heavy atom. The van der Waals surface area contributed by atoms with E-state index in [1.807, 2.05) is 43.3 Å². The molecule has 0 spiro atoms. The zero-order valence-corrected chi connectivity index (χ0v) is 16.0. The molecule has 0 atom stereocenters. The highest BCUT2D eigenvalue weighted by Crippen LogP contribution is 2.14. The van der Waals surface area contributed by atoms with Crippen LogP contribution in [0.3, 0.4) is 0 Å². The van der Waals surface area contributed by atoms with Crippen LogP contribution in [0.2, 0.25) is 0 Å². The van der Waals surface area contributed by atoms with Gasteiger partial charge >= 0.3 is 0 Å². The summed E-state index contributed by atoms with van der Waals surface area (Å²) < 4.78 is 5.15. The molecule has 5 nitrogen and oxygen atoms in total. The third kappa shape index (κ3) is 5.99. The Morgan fingerprint density at radius 1 is 1.07 bits per heavy atom. The Bertz CT molecular complexity index is 811. The number of carbonyl (C=O) groups excluding carboxylic acids is 2. The lowest BCUT2D eigenvalue weighted by atomic mass is 10.1. The van der Waals surface area contributed by atoms with Crippen molar-refractivity contribution < 1.29 is 14.3 Å². The van der Waals surface area contributed by atoms with Crippen molar-refractivity contribution in [3.8, 4) is 5.75 Å². The lowest BCUT2D eigenvalue weighted by Gasteiger charge is -2.12. The summed E-state index contributed by atoms with van der Waals surface area (Å²) in [5.74, 6) is 0.116. The molecule has 2 aromatic rings. The van der Waals surface area contributed by atoms with Crippen molar-refractivity contribution in [1.82, 2.24) is 10.6 Å². The van der Waals surface area contributed by atoms with Crippen molar-refractivity contribution in [3.63, 3.8) is 0 Å². The second-order valence-corrected chi connectivity index (χ2v) is 6.21. The molecular formula is C22H26N2O3. The SMILES string of the molecule is CCCCNC(=O)C(=Cc1ccc(OC)cc1)NC(=O)c1ccccc1C. The van der Waals surface area contributed by atoms with Gasteiger partial charge in [-0.1, -0.05) is 43.7 Å². The van der Waals surface area contributed by atoms with Crippen LogP contribution in [0.25, 0.3) is 6.08 Å². The van der Waals surface area contributed by atoms with Crippen molar-refractivity contribution >= 4 is 17.9 Å². The van der Waals surface area contributed by atoms with Gasteiger partial charge in [0.2, 0.25) is 0 Å². The van der Waals surface area contributed by atoms with E-state index in [9.17, 15) is 9.59 Å². The lowest BCUT2D eigenvalue weighted by Crippen LogP contribution is -2.35. The molecule has 0 aliphatic rings. The summed E-state index contributed by atoms with van der Waals surface area (Å²) in [5.41, 5.74) is 2.40. The molecule has 0 saturated heterocycles. The molecule has 0 aliphatic carbocycles. The van der Waals surface area contributed by atoms with Crippen LogP contribution >= 0.6 is 0 Å². The molecule has 5 heteroatoms. The van der Waals surface area contributed by atoms with Crippen LogP contribution in [0.4, 0.5) is 0 Å². The van der Waals surface area contributed by atoms with Crippen LogP contribution < -0.4 is 15.4 Å². The van der Waals surface area contributed by atoms with E-state index in [2.05, 4.69) is 17.6 Å². The Morgan fingerprint density at radius 3 is 2.41 bits per heavy atom. The number of amides is 2. The molecule has 0 fully saturated rings. The molecule has 0 heterocycles. The van der Waals surface area contributed by atoms with E-state index in [0.29, 0.717) is 12.1 Å². The Balaban J connectivity index is 2.25. The molecule has 27 heavy (non-hydrogen) atoms. The quantitative estimate of drug-likeness (QED) is 0.553. The van der Waals surface area contributed by atoms with E-state index < -0.39 is 0 Å². The lowest BCUT2D eigenvalue weighted by molar-refractivity contribution is -0.117. The number of aryl methyl sites for hydroxylation is 1. The first-order valence-corrected chi connectivity index (χ1v) is 9.06. The van der Waals surface area contributed by atoms with Gasteiger partial charge in [0.25, 0.3) is 11.8 Å². The zero-order valence-electron chi connectivity index (χ0n) is 16.0. The molecular weight excluding hydrogens is 340 g/mol. The fraction of sp³-hybridized carbons (Fsp3) is 0.273. The maximum absolute atomic E-state index is 12.6. The molecule has 0 bridgehead atoms. The van der Waals surface area contributed by atoms with Gasteiger partial charge in [-0.3, -0.25) is 9.59 Å². The smallest absolute Gasteiger partial charge is 0.267 e. The number of unbranched alkanes of at least 4 members (excludes halogenated alkanes) is 1. The summed E-state index contributed by atoms with van der Waals surface area (Å²) in [6, 6.07) is 14.6. The molecule has 142 valence electrons. The topological polar surface area (TPSA) is 67.4 Å². The predicted octanol–water partition coefficient (Wildman–Crippen LogP) is 3.69. The third-order valence-corrected chi connectivity index (χ3v) is 4.13. The summed E-state index contributed by atoms with van der Waals surface area (Å²) in [7, 11) is 1.60. The molecule has 0 aliphatic heterocycles. The average Bonchev–Trinajstić information content (AvgIpc) is 2.68. The number of nitrogens with one attached hydrogen (secondary N) is 2. The molecule has 2 N–H and O–H groups in total. The molecule has 0 saturated carbocycles. The molecule has 2 rings (SSSR count). The van der Waals surface area contributed by atoms with Gasteiger partial charge < -0.3 is 15.4 Å². The number of methoxy groups -OCH3 is 1. The zero-order chi connectivity index (χ0) is 19.6. The van der Waals surface area contributed by atoms with E-state index in [1.165, 1.54) is 0 Å². The van der Waals surface area contributed by atoms with E-state index in [4.69, 9.17) is 4.74 Å². The first kappa shape index (κ1) is 20.2. The van der Waals surface area contributed by atoms with Crippen LogP contribution in [0.15, 0.2) is 54.2 Å². The summed E-state index contributed by atoms with van der Waals surface area (Å²) in [5, 5.41) is 5.61. The Kier molecular flexibility index (Phi) is 7.62. The van der Waals surface area contributed by atoms with Gasteiger partial charge in [-0.15, -0.1) is 0 Å². The van der Waals surface area contributed by atoms with Crippen molar-refractivity contribution in [3.05, 3.63) is 70.9 Å². The number of carbonyl (C=O) groups is 2. The molecule has 2 amide bonds. The normalized spacial score (nSPS) is 11.0. The maximum atomic E-state index is 12.6. The van der Waals surface area contributed by atoms with Gasteiger partial charge in [0, 0.05) is 12.1 Å². The number of ether oxygens (including phenoxy) is 1. The van der Waals surface area contributed by atoms with Crippen molar-refractivity contribution in [2.45, 2.75) is 26.7 Å². The second-order valence-electron chi connectivity index (χ2n) is 6.21. The largest absolute Gasteiger partial charge is 0.497 e. The van der Waals surface area contributed by atoms with Gasteiger partial charge in [-0.2, -0.15) is 0 Å². The van der Waals surface area contributed by atoms with Gasteiger partial charge in [0.1, 0.15) is 11.4 Å². The number of benzene rings is 2. The van der Waals surface area contributed by atoms with E-state index in [-0.39, 0.29) is 17.5 Å². The average molecular weight is 366 g/mol. The van der Waals surface area contributed by atoms with Gasteiger partial charge in [0.05, 0.1) is 7.11 Å². The number of rotatable bonds is 8. The van der Waals surface area contributed by atoms with Crippen LogP contribution in [-0.2, 0) is 4.79 Å². The number of hydrogen-bond acceptors (Lipinski definition) is 3. The van der Waals surface area contributed by atoms with Crippen LogP contribution in [0, 0.1) is 6.92 Å². The summed E-state index contributed by atoms with van der Waals surface area (Å²) >= 11 is 0. The maximum Gasteiger partial charge on any atom is 0.267 e. The summed E-state index contributed by atoms with van der Waals surface area (Å²) in [6.45, 7) is 4.48. The van der Waals surface area contributed by atoms with Crippen molar-refractivity contribution in [1.29, 1.82) is 0 Å². The predicted molar refractivity (Wildman–Crippen MR) is 108 cm³/mol. The van der Waals surface area contributed by atoms with Gasteiger partial charge in [-0.25, -0.2) is 0 Å². The standard InChI is InChI=1S/C22H26N2O3/c1-4-5-14-23-22(26)20(15-17-10-12-18(27-3)13-11-17)24-21(25)19-9-7-6-8-16(19)2/h6-13,15H,4-5,14H2,1-3H3,(H,23,26)(H,24,25). The highest BCUT2D eigenvalue weighted by atomic mass is 16.5. The molecule has 2 aromatic carbocycles. The van der Waals surface area contributed by atoms with E-state index in [1.54, 1.807) is 25.3 Å². The minimum Gasteiger partial charge on any atom is -0.497 e. The van der Waals surface area contributed by atoms with Gasteiger partial charge in [0.15, 0.2) is 0 Å². The first-order valence-electron chi connectivity index (χ1n) is 9.06. The molecule has 0 unspecified atom stereocenters. The second kappa shape index (κ2) is 10.2. The van der Waals surface area contributed by atoms with Crippen LogP contribution in [0.1, 0.15) is 41.3 Å². The number of hydrogen-bond donors (Lipinski definition) is 2. The minimum atomic E-state index is -0.307. The monoisotopic (exact) mass is 366 g/mol. The van der Waals surface area contributed by atoms with Crippen molar-refractivity contribution in [2.24, 2.45) is 0 Å². The van der Waals surface area contributed by atoms with E-state index in [0.717, 1.165) is 29.7 Å². The van der Waals surface area contributed by atoms with E-state index >= 15 is 0 Å². The van der Waals surface area contributed by atoms with Crippen LogP contribution in [-0.4, -0.2) is 25.5 Å². The molecule has 0 aromatic heterocycles. The first-order chi connectivity index (χ1) is 13.0. The Labute approximate surface area is 160 Å². The van der Waals surface area contributed by atoms with Crippen molar-refractivity contribution in [2.75, 3.05) is 13.7 Å². The highest BCUT2D eigenvalue weighted by molar-refractivity contribution is 6.05. The molecule has 0 radical (unpaired) electrons. The fourth-order valence-corrected chi connectivity index (χ4v) is 2.52.